The molecule has 0 aromatic heterocycles. The number of esters is 1. The van der Waals surface area contributed by atoms with Gasteiger partial charge in [0.15, 0.2) is 5.78 Å². The highest BCUT2D eigenvalue weighted by molar-refractivity contribution is 7.00. The van der Waals surface area contributed by atoms with Gasteiger partial charge in [0.05, 0.1) is 29.9 Å². The molecule has 0 radical (unpaired) electrons. The number of hydrogen-bond donors (Lipinski definition) is 0. The molecule has 1 aliphatic carbocycles. The normalized spacial score (nSPS) is 14.6. The van der Waals surface area contributed by atoms with Crippen molar-refractivity contribution in [2.75, 3.05) is 20.8 Å². The van der Waals surface area contributed by atoms with Gasteiger partial charge in [0.1, 0.15) is 23.0 Å². The van der Waals surface area contributed by atoms with Crippen molar-refractivity contribution >= 4 is 20.9 Å². The van der Waals surface area contributed by atoms with Crippen LogP contribution in [0.25, 0.3) is 0 Å². The molecule has 7 heteroatoms. The van der Waals surface area contributed by atoms with Crippen molar-refractivity contribution in [3.05, 3.63) is 23.8 Å². The maximum atomic E-state index is 13.4. The molecule has 2 unspecified atom stereocenters. The maximum absolute atomic E-state index is 13.4. The number of ether oxygens (including phenoxy) is 3. The van der Waals surface area contributed by atoms with Gasteiger partial charge in [-0.05, 0) is 37.3 Å². The number of carbonyl (C=O) groups excluding carboxylic acids is 2. The van der Waals surface area contributed by atoms with Gasteiger partial charge in [-0.1, -0.05) is 45.1 Å². The van der Waals surface area contributed by atoms with Crippen LogP contribution in [-0.2, 0) is 14.1 Å². The van der Waals surface area contributed by atoms with E-state index >= 15 is 0 Å². The van der Waals surface area contributed by atoms with Gasteiger partial charge in [0.2, 0.25) is 0 Å². The first-order chi connectivity index (χ1) is 14.1. The third-order valence-electron chi connectivity index (χ3n) is 5.32. The van der Waals surface area contributed by atoms with E-state index in [1.165, 1.54) is 14.2 Å². The molecule has 0 saturated heterocycles. The molecule has 1 aliphatic rings. The lowest BCUT2D eigenvalue weighted by atomic mass is 9.84. The Morgan fingerprint density at radius 3 is 2.14 bits per heavy atom. The van der Waals surface area contributed by atoms with Crippen LogP contribution in [0.2, 0.25) is 0 Å². The van der Waals surface area contributed by atoms with E-state index in [0.717, 1.165) is 51.4 Å². The number of methoxy groups -OCH3 is 2. The van der Waals surface area contributed by atoms with E-state index < -0.39 is 11.9 Å². The number of ketones is 1. The lowest BCUT2D eigenvalue weighted by Crippen LogP contribution is -2.33. The van der Waals surface area contributed by atoms with E-state index in [4.69, 9.17) is 18.8 Å². The Bertz CT molecular complexity index is 620. The molecule has 1 aromatic carbocycles. The summed E-state index contributed by atoms with van der Waals surface area (Å²) >= 11 is 0. The molecular formula is C22H35O6P. The van der Waals surface area contributed by atoms with Crippen LogP contribution in [0.15, 0.2) is 18.2 Å². The van der Waals surface area contributed by atoms with Crippen LogP contribution in [-0.4, -0.2) is 32.6 Å². The van der Waals surface area contributed by atoms with Gasteiger partial charge in [-0.3, -0.25) is 9.59 Å². The van der Waals surface area contributed by atoms with E-state index in [1.807, 2.05) is 0 Å². The first-order valence-electron chi connectivity index (χ1n) is 10.3. The summed E-state index contributed by atoms with van der Waals surface area (Å²) in [6, 6.07) is 5.21. The first kappa shape index (κ1) is 25.2. The van der Waals surface area contributed by atoms with Gasteiger partial charge >= 0.3 is 5.97 Å². The van der Waals surface area contributed by atoms with E-state index in [9.17, 15) is 9.59 Å². The fourth-order valence-electron chi connectivity index (χ4n) is 3.85. The monoisotopic (exact) mass is 426 g/mol. The van der Waals surface area contributed by atoms with Gasteiger partial charge in [-0.25, -0.2) is 0 Å². The number of unbranched alkanes of at least 4 members (excludes halogenated alkanes) is 3. The molecule has 1 fully saturated rings. The molecule has 2 atom stereocenters. The second kappa shape index (κ2) is 14.2. The minimum atomic E-state index is -0.788. The Morgan fingerprint density at radius 2 is 1.62 bits per heavy atom. The molecule has 2 rings (SSSR count). The second-order valence-electron chi connectivity index (χ2n) is 7.15. The average molecular weight is 426 g/mol. The van der Waals surface area contributed by atoms with Crippen LogP contribution in [0.3, 0.4) is 0 Å². The summed E-state index contributed by atoms with van der Waals surface area (Å²) in [4.78, 5) is 26.3. The number of carbonyl (C=O) groups is 2. The molecule has 0 N–H and O–H groups in total. The Morgan fingerprint density at radius 1 is 1.03 bits per heavy atom. The zero-order valence-corrected chi connectivity index (χ0v) is 19.3. The Labute approximate surface area is 175 Å². The molecule has 0 spiro atoms. The van der Waals surface area contributed by atoms with Crippen LogP contribution < -0.4 is 9.47 Å². The van der Waals surface area contributed by atoms with Crippen molar-refractivity contribution in [3.63, 3.8) is 0 Å². The second-order valence-corrected chi connectivity index (χ2v) is 7.15. The molecular weight excluding hydrogens is 391 g/mol. The van der Waals surface area contributed by atoms with E-state index in [2.05, 4.69) is 6.92 Å². The zero-order chi connectivity index (χ0) is 21.6. The first-order valence-corrected chi connectivity index (χ1v) is 10.9. The van der Waals surface area contributed by atoms with Crippen molar-refractivity contribution in [3.8, 4) is 11.5 Å². The van der Waals surface area contributed by atoms with Gasteiger partial charge in [0.25, 0.3) is 0 Å². The predicted molar refractivity (Wildman–Crippen MR) is 116 cm³/mol. The van der Waals surface area contributed by atoms with Crippen molar-refractivity contribution in [1.82, 2.24) is 0 Å². The fourth-order valence-corrected chi connectivity index (χ4v) is 3.85. The largest absolute Gasteiger partial charge is 0.496 e. The molecule has 1 aromatic rings. The third-order valence-corrected chi connectivity index (χ3v) is 5.32. The molecule has 0 aliphatic heterocycles. The smallest absolute Gasteiger partial charge is 0.317 e. The van der Waals surface area contributed by atoms with Gasteiger partial charge < -0.3 is 18.8 Å². The SMILES string of the molecule is CCCCCCOC(=O)C(C(=O)c1c(OC)cccc1OC)C1CCCC1.O=[PH3]. The highest BCUT2D eigenvalue weighted by Crippen LogP contribution is 2.38. The number of Topliss-reactive ketones (excluding diaryl/α,β-unsaturated/α-hetero) is 1. The van der Waals surface area contributed by atoms with Crippen LogP contribution >= 0.6 is 9.12 Å². The molecule has 29 heavy (non-hydrogen) atoms. The summed E-state index contributed by atoms with van der Waals surface area (Å²) in [5, 5.41) is 0. The predicted octanol–water partition coefficient (Wildman–Crippen LogP) is 4.76. The van der Waals surface area contributed by atoms with Gasteiger partial charge in [-0.2, -0.15) is 0 Å². The summed E-state index contributed by atoms with van der Waals surface area (Å²) < 4.78 is 24.5. The van der Waals surface area contributed by atoms with Crippen molar-refractivity contribution < 1.29 is 28.4 Å². The van der Waals surface area contributed by atoms with E-state index in [1.54, 1.807) is 18.2 Å². The molecule has 6 nitrogen and oxygen atoms in total. The van der Waals surface area contributed by atoms with E-state index in [-0.39, 0.29) is 11.7 Å². The quantitative estimate of drug-likeness (QED) is 0.167. The number of rotatable bonds is 11. The van der Waals surface area contributed by atoms with Gasteiger partial charge in [0, 0.05) is 0 Å². The lowest BCUT2D eigenvalue weighted by Gasteiger charge is -2.22. The Balaban J connectivity index is 0.00000204. The summed E-state index contributed by atoms with van der Waals surface area (Å²) in [5.41, 5.74) is 0.335. The summed E-state index contributed by atoms with van der Waals surface area (Å²) in [6.45, 7) is 2.51. The topological polar surface area (TPSA) is 78.9 Å². The lowest BCUT2D eigenvalue weighted by molar-refractivity contribution is -0.148. The number of hydrogen-bond acceptors (Lipinski definition) is 6. The van der Waals surface area contributed by atoms with E-state index in [0.29, 0.717) is 32.8 Å². The van der Waals surface area contributed by atoms with Crippen molar-refractivity contribution in [2.24, 2.45) is 11.8 Å². The highest BCUT2D eigenvalue weighted by atomic mass is 31.0. The zero-order valence-electron chi connectivity index (χ0n) is 17.9. The summed E-state index contributed by atoms with van der Waals surface area (Å²) in [5.74, 6) is -0.568. The molecule has 1 saturated carbocycles. The fraction of sp³-hybridized carbons (Fsp3) is 0.636. The van der Waals surface area contributed by atoms with Gasteiger partial charge in [-0.15, -0.1) is 0 Å². The van der Waals surface area contributed by atoms with Crippen LogP contribution in [0.5, 0.6) is 11.5 Å². The number of benzene rings is 1. The van der Waals surface area contributed by atoms with Crippen LogP contribution in [0.4, 0.5) is 0 Å². The van der Waals surface area contributed by atoms with Crippen molar-refractivity contribution in [1.29, 1.82) is 0 Å². The minimum Gasteiger partial charge on any atom is -0.496 e. The Kier molecular flexibility index (Phi) is 12.4. The molecule has 0 amide bonds. The molecule has 0 bridgehead atoms. The third kappa shape index (κ3) is 7.18. The Hall–Kier alpha value is -1.81. The molecule has 0 heterocycles. The molecule has 164 valence electrons. The van der Waals surface area contributed by atoms with Crippen molar-refractivity contribution in [2.45, 2.75) is 58.3 Å². The maximum Gasteiger partial charge on any atom is 0.317 e. The highest BCUT2D eigenvalue weighted by Gasteiger charge is 2.40. The average Bonchev–Trinajstić information content (AvgIpc) is 3.28. The standard InChI is InChI=1S/C22H32O5.H3OP/c1-4-5-6-9-15-27-22(24)19(16-11-7-8-12-16)21(23)20-17(25-2)13-10-14-18(20)26-3;1-2/h10,13-14,16,19H,4-9,11-12,15H2,1-3H3;2H3. The van der Waals surface area contributed by atoms with Crippen LogP contribution in [0, 0.1) is 11.8 Å². The summed E-state index contributed by atoms with van der Waals surface area (Å²) in [6.07, 6.45) is 7.96. The van der Waals surface area contributed by atoms with Crippen LogP contribution in [0.1, 0.15) is 68.6 Å². The summed E-state index contributed by atoms with van der Waals surface area (Å²) in [7, 11) is 3.64. The minimum absolute atomic E-state index is 0.0234.